The molecule has 66 valence electrons. The number of benzene rings is 1. The van der Waals surface area contributed by atoms with Crippen molar-refractivity contribution in [3.63, 3.8) is 0 Å². The van der Waals surface area contributed by atoms with Crippen LogP contribution in [0, 0.1) is 12.7 Å². The molecule has 1 heterocycles. The fraction of sp³-hybridized carbons (Fsp3) is 0.111. The molecule has 0 bridgehead atoms. The lowest BCUT2D eigenvalue weighted by molar-refractivity contribution is 0.624. The highest BCUT2D eigenvalue weighted by molar-refractivity contribution is 5.38. The lowest BCUT2D eigenvalue weighted by Crippen LogP contribution is -2.00. The first-order chi connectivity index (χ1) is 6.27. The number of hydrogen-bond acceptors (Lipinski definition) is 2. The average molecular weight is 177 g/mol. The molecule has 2 aromatic rings. The van der Waals surface area contributed by atoms with Crippen molar-refractivity contribution in [2.24, 2.45) is 0 Å². The van der Waals surface area contributed by atoms with Gasteiger partial charge >= 0.3 is 0 Å². The van der Waals surface area contributed by atoms with E-state index >= 15 is 0 Å². The molecule has 1 aromatic carbocycles. The molecule has 0 saturated carbocycles. The van der Waals surface area contributed by atoms with Gasteiger partial charge in [0.2, 0.25) is 0 Å². The molecular formula is C9H8FN3. The second kappa shape index (κ2) is 2.97. The van der Waals surface area contributed by atoms with E-state index in [0.29, 0.717) is 0 Å². The van der Waals surface area contributed by atoms with E-state index < -0.39 is 0 Å². The molecule has 0 fully saturated rings. The van der Waals surface area contributed by atoms with Crippen molar-refractivity contribution in [2.75, 3.05) is 0 Å². The average Bonchev–Trinajstić information content (AvgIpc) is 2.56. The van der Waals surface area contributed by atoms with Crippen molar-refractivity contribution in [3.8, 4) is 5.69 Å². The first-order valence-corrected chi connectivity index (χ1v) is 3.90. The minimum absolute atomic E-state index is 0.242. The van der Waals surface area contributed by atoms with E-state index in [4.69, 9.17) is 0 Å². The van der Waals surface area contributed by atoms with Gasteiger partial charge in [0.05, 0.1) is 18.1 Å². The summed E-state index contributed by atoms with van der Waals surface area (Å²) in [7, 11) is 0. The first kappa shape index (κ1) is 7.91. The minimum atomic E-state index is -0.242. The van der Waals surface area contributed by atoms with Gasteiger partial charge < -0.3 is 0 Å². The van der Waals surface area contributed by atoms with Crippen LogP contribution >= 0.6 is 0 Å². The lowest BCUT2D eigenvalue weighted by atomic mass is 10.2. The molecule has 13 heavy (non-hydrogen) atoms. The summed E-state index contributed by atoms with van der Waals surface area (Å²) in [4.78, 5) is 1.47. The monoisotopic (exact) mass is 177 g/mol. The molecular weight excluding hydrogens is 169 g/mol. The Kier molecular flexibility index (Phi) is 1.81. The molecule has 0 aliphatic rings. The highest BCUT2D eigenvalue weighted by Crippen LogP contribution is 2.12. The van der Waals surface area contributed by atoms with Gasteiger partial charge in [-0.3, -0.25) is 0 Å². The van der Waals surface area contributed by atoms with Crippen molar-refractivity contribution in [3.05, 3.63) is 42.0 Å². The summed E-state index contributed by atoms with van der Waals surface area (Å²) >= 11 is 0. The van der Waals surface area contributed by atoms with Crippen molar-refractivity contribution in [2.45, 2.75) is 6.92 Å². The summed E-state index contributed by atoms with van der Waals surface area (Å²) in [6, 6.07) is 4.51. The molecule has 0 aliphatic heterocycles. The Balaban J connectivity index is 2.53. The number of rotatable bonds is 1. The van der Waals surface area contributed by atoms with Gasteiger partial charge in [-0.15, -0.1) is 0 Å². The standard InChI is InChI=1S/C9H8FN3/c1-7-6-8(10)2-3-9(7)13-11-4-5-12-13/h2-6H,1H3. The van der Waals surface area contributed by atoms with Crippen molar-refractivity contribution in [1.82, 2.24) is 15.0 Å². The first-order valence-electron chi connectivity index (χ1n) is 3.90. The second-order valence-electron chi connectivity index (χ2n) is 2.75. The molecule has 0 spiro atoms. The van der Waals surface area contributed by atoms with Crippen LogP contribution in [0.3, 0.4) is 0 Å². The third kappa shape index (κ3) is 1.42. The van der Waals surface area contributed by atoms with Gasteiger partial charge in [0.1, 0.15) is 5.82 Å². The molecule has 0 atom stereocenters. The number of halogens is 1. The van der Waals surface area contributed by atoms with Crippen LogP contribution in [-0.4, -0.2) is 15.0 Å². The topological polar surface area (TPSA) is 30.7 Å². The van der Waals surface area contributed by atoms with Crippen LogP contribution < -0.4 is 0 Å². The molecule has 2 rings (SSSR count). The number of aromatic nitrogens is 3. The van der Waals surface area contributed by atoms with E-state index in [2.05, 4.69) is 10.2 Å². The maximum Gasteiger partial charge on any atom is 0.123 e. The maximum absolute atomic E-state index is 12.7. The molecule has 0 saturated heterocycles. The normalized spacial score (nSPS) is 10.3. The van der Waals surface area contributed by atoms with Crippen molar-refractivity contribution in [1.29, 1.82) is 0 Å². The Morgan fingerprint density at radius 2 is 1.92 bits per heavy atom. The predicted molar refractivity (Wildman–Crippen MR) is 46.1 cm³/mol. The highest BCUT2D eigenvalue weighted by Gasteiger charge is 2.02. The van der Waals surface area contributed by atoms with Gasteiger partial charge in [0, 0.05) is 0 Å². The zero-order valence-electron chi connectivity index (χ0n) is 7.11. The van der Waals surface area contributed by atoms with E-state index in [1.165, 1.54) is 16.9 Å². The highest BCUT2D eigenvalue weighted by atomic mass is 19.1. The van der Waals surface area contributed by atoms with E-state index in [1.54, 1.807) is 18.5 Å². The zero-order chi connectivity index (χ0) is 9.26. The second-order valence-corrected chi connectivity index (χ2v) is 2.75. The molecule has 0 unspecified atom stereocenters. The summed E-state index contributed by atoms with van der Waals surface area (Å²) < 4.78 is 12.7. The van der Waals surface area contributed by atoms with E-state index in [0.717, 1.165) is 11.3 Å². The molecule has 3 nitrogen and oxygen atoms in total. The molecule has 1 aromatic heterocycles. The third-order valence-corrected chi connectivity index (χ3v) is 1.79. The Morgan fingerprint density at radius 1 is 1.23 bits per heavy atom. The van der Waals surface area contributed by atoms with Crippen molar-refractivity contribution < 1.29 is 4.39 Å². The molecule has 0 aliphatic carbocycles. The molecule has 0 radical (unpaired) electrons. The Bertz CT molecular complexity index is 409. The Hall–Kier alpha value is -1.71. The molecule has 4 heteroatoms. The Morgan fingerprint density at radius 3 is 2.54 bits per heavy atom. The van der Waals surface area contributed by atoms with Crippen LogP contribution in [0.1, 0.15) is 5.56 Å². The SMILES string of the molecule is Cc1cc(F)ccc1-n1nccn1. The van der Waals surface area contributed by atoms with Crippen LogP contribution in [-0.2, 0) is 0 Å². The molecule has 0 amide bonds. The summed E-state index contributed by atoms with van der Waals surface area (Å²) in [6.45, 7) is 1.82. The zero-order valence-corrected chi connectivity index (χ0v) is 7.11. The summed E-state index contributed by atoms with van der Waals surface area (Å²) in [5.41, 5.74) is 1.61. The van der Waals surface area contributed by atoms with E-state index in [-0.39, 0.29) is 5.82 Å². The van der Waals surface area contributed by atoms with Gasteiger partial charge in [0.25, 0.3) is 0 Å². The molecule has 0 N–H and O–H groups in total. The maximum atomic E-state index is 12.7. The quantitative estimate of drug-likeness (QED) is 0.664. The van der Waals surface area contributed by atoms with Gasteiger partial charge in [-0.25, -0.2) is 4.39 Å². The fourth-order valence-electron chi connectivity index (χ4n) is 1.18. The fourth-order valence-corrected chi connectivity index (χ4v) is 1.18. The number of nitrogens with zero attached hydrogens (tertiary/aromatic N) is 3. The van der Waals surface area contributed by atoms with Gasteiger partial charge in [-0.1, -0.05) is 0 Å². The van der Waals surface area contributed by atoms with Crippen LogP contribution in [0.15, 0.2) is 30.6 Å². The summed E-state index contributed by atoms with van der Waals surface area (Å²) in [6.07, 6.45) is 3.17. The number of hydrogen-bond donors (Lipinski definition) is 0. The van der Waals surface area contributed by atoms with Crippen LogP contribution in [0.4, 0.5) is 4.39 Å². The number of aryl methyl sites for hydroxylation is 1. The Labute approximate surface area is 74.8 Å². The van der Waals surface area contributed by atoms with E-state index in [9.17, 15) is 4.39 Å². The van der Waals surface area contributed by atoms with Crippen LogP contribution in [0.2, 0.25) is 0 Å². The van der Waals surface area contributed by atoms with Gasteiger partial charge in [0.15, 0.2) is 0 Å². The minimum Gasteiger partial charge on any atom is -0.207 e. The van der Waals surface area contributed by atoms with E-state index in [1.807, 2.05) is 6.92 Å². The predicted octanol–water partition coefficient (Wildman–Crippen LogP) is 1.71. The summed E-state index contributed by atoms with van der Waals surface area (Å²) in [5, 5.41) is 7.92. The van der Waals surface area contributed by atoms with Crippen molar-refractivity contribution >= 4 is 0 Å². The van der Waals surface area contributed by atoms with Crippen LogP contribution in [0.25, 0.3) is 5.69 Å². The van der Waals surface area contributed by atoms with Gasteiger partial charge in [-0.2, -0.15) is 15.0 Å². The van der Waals surface area contributed by atoms with Crippen LogP contribution in [0.5, 0.6) is 0 Å². The lowest BCUT2D eigenvalue weighted by Gasteiger charge is -2.02. The summed E-state index contributed by atoms with van der Waals surface area (Å²) in [5.74, 6) is -0.242. The van der Waals surface area contributed by atoms with Gasteiger partial charge in [-0.05, 0) is 30.7 Å². The largest absolute Gasteiger partial charge is 0.207 e. The smallest absolute Gasteiger partial charge is 0.123 e. The third-order valence-electron chi connectivity index (χ3n) is 1.79.